The van der Waals surface area contributed by atoms with Gasteiger partial charge in [0.15, 0.2) is 0 Å². The molecule has 1 aliphatic heterocycles. The number of anilines is 1. The molecule has 1 fully saturated rings. The fourth-order valence-electron chi connectivity index (χ4n) is 2.88. The summed E-state index contributed by atoms with van der Waals surface area (Å²) in [5, 5.41) is 0. The van der Waals surface area contributed by atoms with Crippen LogP contribution in [0.25, 0.3) is 0 Å². The van der Waals surface area contributed by atoms with Crippen molar-refractivity contribution < 1.29 is 9.53 Å². The zero-order valence-corrected chi connectivity index (χ0v) is 12.6. The normalized spacial score (nSPS) is 19.6. The van der Waals surface area contributed by atoms with Crippen molar-refractivity contribution in [2.24, 2.45) is 5.92 Å². The number of rotatable bonds is 4. The Bertz CT molecular complexity index is 460. The third-order valence-electron chi connectivity index (χ3n) is 3.91. The van der Waals surface area contributed by atoms with Gasteiger partial charge in [0.05, 0.1) is 13.0 Å². The number of benzene rings is 1. The Kier molecular flexibility index (Phi) is 5.01. The van der Waals surface area contributed by atoms with Gasteiger partial charge in [-0.05, 0) is 31.0 Å². The number of methoxy groups -OCH3 is 1. The molecular weight excluding hydrogens is 252 g/mol. The Morgan fingerprint density at radius 3 is 2.85 bits per heavy atom. The number of esters is 1. The molecule has 110 valence electrons. The van der Waals surface area contributed by atoms with Gasteiger partial charge in [-0.15, -0.1) is 0 Å². The van der Waals surface area contributed by atoms with Crippen molar-refractivity contribution >= 4 is 11.7 Å². The van der Waals surface area contributed by atoms with Gasteiger partial charge in [0.25, 0.3) is 0 Å². The third-order valence-corrected chi connectivity index (χ3v) is 3.91. The van der Waals surface area contributed by atoms with Crippen LogP contribution < -0.4 is 4.90 Å². The van der Waals surface area contributed by atoms with Crippen molar-refractivity contribution in [3.63, 3.8) is 0 Å². The molecule has 1 aliphatic rings. The Hall–Kier alpha value is -1.55. The molecule has 1 aromatic rings. The van der Waals surface area contributed by atoms with E-state index in [9.17, 15) is 4.79 Å². The average Bonchev–Trinajstić information content (AvgIpc) is 2.47. The molecule has 0 aromatic heterocycles. The number of piperidine rings is 1. The summed E-state index contributed by atoms with van der Waals surface area (Å²) in [6.07, 6.45) is 2.00. The van der Waals surface area contributed by atoms with Gasteiger partial charge < -0.3 is 9.64 Å². The van der Waals surface area contributed by atoms with E-state index in [1.807, 2.05) is 0 Å². The predicted molar refractivity (Wildman–Crippen MR) is 80.8 cm³/mol. The number of carbonyl (C=O) groups is 1. The summed E-state index contributed by atoms with van der Waals surface area (Å²) in [7, 11) is 5.60. The van der Waals surface area contributed by atoms with Gasteiger partial charge in [0.2, 0.25) is 0 Å². The molecule has 1 aromatic carbocycles. The summed E-state index contributed by atoms with van der Waals surface area (Å²) in [6.45, 7) is 2.74. The van der Waals surface area contributed by atoms with Gasteiger partial charge >= 0.3 is 5.97 Å². The Morgan fingerprint density at radius 2 is 2.15 bits per heavy atom. The lowest BCUT2D eigenvalue weighted by molar-refractivity contribution is -0.147. The van der Waals surface area contributed by atoms with E-state index < -0.39 is 0 Å². The summed E-state index contributed by atoms with van der Waals surface area (Å²) in [5.74, 6) is -0.0455. The largest absolute Gasteiger partial charge is 0.469 e. The molecule has 0 radical (unpaired) electrons. The lowest BCUT2D eigenvalue weighted by Gasteiger charge is -2.32. The summed E-state index contributed by atoms with van der Waals surface area (Å²) < 4.78 is 4.88. The molecule has 4 heteroatoms. The fourth-order valence-corrected chi connectivity index (χ4v) is 2.88. The summed E-state index contributed by atoms with van der Waals surface area (Å²) in [4.78, 5) is 16.2. The number of ether oxygens (including phenoxy) is 1. The quantitative estimate of drug-likeness (QED) is 0.789. The maximum atomic E-state index is 11.7. The minimum Gasteiger partial charge on any atom is -0.469 e. The zero-order chi connectivity index (χ0) is 14.5. The van der Waals surface area contributed by atoms with Crippen LogP contribution in [0.15, 0.2) is 24.3 Å². The Balaban J connectivity index is 2.04. The predicted octanol–water partition coefficient (Wildman–Crippen LogP) is 2.14. The Labute approximate surface area is 121 Å². The smallest absolute Gasteiger partial charge is 0.309 e. The molecule has 0 bridgehead atoms. The van der Waals surface area contributed by atoms with Gasteiger partial charge in [-0.3, -0.25) is 9.69 Å². The van der Waals surface area contributed by atoms with Gasteiger partial charge in [-0.2, -0.15) is 0 Å². The van der Waals surface area contributed by atoms with Gasteiger partial charge in [-0.25, -0.2) is 0 Å². The standard InChI is InChI=1S/C16H24N2O2/c1-17(2)15-9-5-4-7-13(15)11-18-10-6-8-14(12-18)16(19)20-3/h4-5,7,9,14H,6,8,10-12H2,1-3H3/t14-/m0/s1. The second-order valence-corrected chi connectivity index (χ2v) is 5.62. The van der Waals surface area contributed by atoms with E-state index in [2.05, 4.69) is 48.2 Å². The van der Waals surface area contributed by atoms with Crippen LogP contribution in [-0.2, 0) is 16.1 Å². The van der Waals surface area contributed by atoms with Gasteiger partial charge in [0, 0.05) is 32.9 Å². The van der Waals surface area contributed by atoms with Gasteiger partial charge in [-0.1, -0.05) is 18.2 Å². The first-order chi connectivity index (χ1) is 9.61. The van der Waals surface area contributed by atoms with Crippen LogP contribution in [0.2, 0.25) is 0 Å². The minimum atomic E-state index is -0.0735. The number of hydrogen-bond acceptors (Lipinski definition) is 4. The van der Waals surface area contributed by atoms with E-state index >= 15 is 0 Å². The lowest BCUT2D eigenvalue weighted by atomic mass is 9.97. The van der Waals surface area contributed by atoms with Crippen LogP contribution in [0.5, 0.6) is 0 Å². The highest BCUT2D eigenvalue weighted by Gasteiger charge is 2.26. The maximum absolute atomic E-state index is 11.7. The van der Waals surface area contributed by atoms with Crippen LogP contribution >= 0.6 is 0 Å². The molecule has 1 saturated heterocycles. The highest BCUT2D eigenvalue weighted by Crippen LogP contribution is 2.24. The molecule has 0 unspecified atom stereocenters. The first kappa shape index (κ1) is 14.9. The van der Waals surface area contributed by atoms with Crippen LogP contribution in [0.1, 0.15) is 18.4 Å². The number of para-hydroxylation sites is 1. The summed E-state index contributed by atoms with van der Waals surface area (Å²) >= 11 is 0. The van der Waals surface area contributed by atoms with E-state index in [0.29, 0.717) is 0 Å². The van der Waals surface area contributed by atoms with E-state index in [0.717, 1.165) is 32.5 Å². The number of carbonyl (C=O) groups excluding carboxylic acids is 1. The lowest BCUT2D eigenvalue weighted by Crippen LogP contribution is -2.38. The SMILES string of the molecule is COC(=O)[C@H]1CCCN(Cc2ccccc2N(C)C)C1. The molecule has 4 nitrogen and oxygen atoms in total. The Morgan fingerprint density at radius 1 is 1.40 bits per heavy atom. The molecule has 0 saturated carbocycles. The number of hydrogen-bond donors (Lipinski definition) is 0. The first-order valence-electron chi connectivity index (χ1n) is 7.17. The molecule has 0 N–H and O–H groups in total. The highest BCUT2D eigenvalue weighted by molar-refractivity contribution is 5.72. The van der Waals surface area contributed by atoms with Gasteiger partial charge in [0.1, 0.15) is 0 Å². The summed E-state index contributed by atoms with van der Waals surface area (Å²) in [6, 6.07) is 8.44. The van der Waals surface area contributed by atoms with E-state index in [-0.39, 0.29) is 11.9 Å². The number of nitrogens with zero attached hydrogens (tertiary/aromatic N) is 2. The summed E-state index contributed by atoms with van der Waals surface area (Å²) in [5.41, 5.74) is 2.55. The van der Waals surface area contributed by atoms with Crippen LogP contribution in [0.3, 0.4) is 0 Å². The van der Waals surface area contributed by atoms with Crippen LogP contribution in [-0.4, -0.2) is 45.2 Å². The molecule has 0 aliphatic carbocycles. The molecule has 1 heterocycles. The number of likely N-dealkylation sites (tertiary alicyclic amines) is 1. The molecule has 0 amide bonds. The van der Waals surface area contributed by atoms with E-state index in [1.54, 1.807) is 0 Å². The maximum Gasteiger partial charge on any atom is 0.309 e. The second-order valence-electron chi connectivity index (χ2n) is 5.62. The fraction of sp³-hybridized carbons (Fsp3) is 0.562. The average molecular weight is 276 g/mol. The molecule has 20 heavy (non-hydrogen) atoms. The van der Waals surface area contributed by atoms with Crippen LogP contribution in [0.4, 0.5) is 5.69 Å². The first-order valence-corrected chi connectivity index (χ1v) is 7.17. The van der Waals surface area contributed by atoms with Crippen molar-refractivity contribution in [2.45, 2.75) is 19.4 Å². The monoisotopic (exact) mass is 276 g/mol. The van der Waals surface area contributed by atoms with Crippen molar-refractivity contribution in [1.82, 2.24) is 4.90 Å². The van der Waals surface area contributed by atoms with Crippen molar-refractivity contribution in [3.8, 4) is 0 Å². The molecular formula is C16H24N2O2. The van der Waals surface area contributed by atoms with Crippen molar-refractivity contribution in [1.29, 1.82) is 0 Å². The molecule has 0 spiro atoms. The zero-order valence-electron chi connectivity index (χ0n) is 12.6. The highest BCUT2D eigenvalue weighted by atomic mass is 16.5. The van der Waals surface area contributed by atoms with E-state index in [1.165, 1.54) is 18.4 Å². The van der Waals surface area contributed by atoms with Crippen molar-refractivity contribution in [3.05, 3.63) is 29.8 Å². The second kappa shape index (κ2) is 6.75. The van der Waals surface area contributed by atoms with E-state index in [4.69, 9.17) is 4.74 Å². The molecule has 2 rings (SSSR count). The van der Waals surface area contributed by atoms with Crippen molar-refractivity contribution in [2.75, 3.05) is 39.2 Å². The van der Waals surface area contributed by atoms with Crippen LogP contribution in [0, 0.1) is 5.92 Å². The minimum absolute atomic E-state index is 0.0280. The molecule has 1 atom stereocenters. The topological polar surface area (TPSA) is 32.8 Å². The third kappa shape index (κ3) is 3.51.